The molecule has 0 atom stereocenters. The Morgan fingerprint density at radius 1 is 1.00 bits per heavy atom. The molecule has 0 fully saturated rings. The molecule has 2 aromatic carbocycles. The molecule has 20 heavy (non-hydrogen) atoms. The minimum absolute atomic E-state index is 0.143. The number of carbonyl (C=O) groups is 1. The van der Waals surface area contributed by atoms with Crippen molar-refractivity contribution in [2.24, 2.45) is 0 Å². The molecule has 0 aliphatic carbocycles. The van der Waals surface area contributed by atoms with Gasteiger partial charge >= 0.3 is 5.97 Å². The largest absolute Gasteiger partial charge is 0.478 e. The Morgan fingerprint density at radius 3 is 2.40 bits per heavy atom. The van der Waals surface area contributed by atoms with E-state index in [0.717, 1.165) is 12.1 Å². The number of hydrogen-bond donors (Lipinski definition) is 2. The third-order valence-corrected chi connectivity index (χ3v) is 3.17. The summed E-state index contributed by atoms with van der Waals surface area (Å²) >= 11 is 0. The zero-order valence-corrected chi connectivity index (χ0v) is 10.2. The van der Waals surface area contributed by atoms with Crippen molar-refractivity contribution in [3.8, 4) is 11.1 Å². The molecule has 0 saturated carbocycles. The molecular formula is C15H9F2NO2. The van der Waals surface area contributed by atoms with Crippen LogP contribution in [-0.2, 0) is 0 Å². The number of fused-ring (bicyclic) bond motifs is 1. The predicted octanol–water partition coefficient (Wildman–Crippen LogP) is 3.81. The van der Waals surface area contributed by atoms with Gasteiger partial charge in [0.05, 0.1) is 5.56 Å². The van der Waals surface area contributed by atoms with Crippen LogP contribution in [0.25, 0.3) is 22.0 Å². The van der Waals surface area contributed by atoms with Crippen LogP contribution in [0.1, 0.15) is 10.4 Å². The second-order valence-corrected chi connectivity index (χ2v) is 4.40. The van der Waals surface area contributed by atoms with Crippen LogP contribution in [0, 0.1) is 11.6 Å². The summed E-state index contributed by atoms with van der Waals surface area (Å²) in [6, 6.07) is 8.65. The van der Waals surface area contributed by atoms with Gasteiger partial charge in [-0.05, 0) is 35.4 Å². The number of benzene rings is 2. The Balaban J connectivity index is 2.18. The molecule has 0 unspecified atom stereocenters. The third-order valence-electron chi connectivity index (χ3n) is 3.17. The van der Waals surface area contributed by atoms with Crippen molar-refractivity contribution in [1.82, 2.24) is 4.98 Å². The number of H-pyrrole nitrogens is 1. The van der Waals surface area contributed by atoms with E-state index in [1.807, 2.05) is 0 Å². The molecule has 1 heterocycles. The van der Waals surface area contributed by atoms with Gasteiger partial charge in [-0.2, -0.15) is 0 Å². The third kappa shape index (κ3) is 1.93. The zero-order chi connectivity index (χ0) is 14.3. The lowest BCUT2D eigenvalue weighted by Gasteiger charge is -2.03. The van der Waals surface area contributed by atoms with Crippen molar-refractivity contribution in [1.29, 1.82) is 0 Å². The van der Waals surface area contributed by atoms with Crippen LogP contribution in [0.3, 0.4) is 0 Å². The number of carboxylic acids is 1. The van der Waals surface area contributed by atoms with Gasteiger partial charge in [0, 0.05) is 17.1 Å². The molecule has 1 aromatic heterocycles. The molecule has 0 saturated heterocycles. The molecule has 2 N–H and O–H groups in total. The first kappa shape index (κ1) is 12.3. The first-order valence-electron chi connectivity index (χ1n) is 5.86. The summed E-state index contributed by atoms with van der Waals surface area (Å²) in [5.41, 5.74) is 1.93. The highest BCUT2D eigenvalue weighted by Gasteiger charge is 2.12. The molecule has 3 nitrogen and oxygen atoms in total. The number of nitrogens with one attached hydrogen (secondary N) is 1. The Kier molecular flexibility index (Phi) is 2.75. The van der Waals surface area contributed by atoms with Gasteiger partial charge in [-0.25, -0.2) is 13.6 Å². The maximum absolute atomic E-state index is 13.3. The number of rotatable bonds is 2. The first-order valence-corrected chi connectivity index (χ1v) is 5.86. The molecule has 0 aliphatic heterocycles. The highest BCUT2D eigenvalue weighted by molar-refractivity contribution is 6.04. The fraction of sp³-hybridized carbons (Fsp3) is 0. The summed E-state index contributed by atoms with van der Waals surface area (Å²) in [5, 5.41) is 9.61. The van der Waals surface area contributed by atoms with E-state index >= 15 is 0 Å². The van der Waals surface area contributed by atoms with E-state index in [1.165, 1.54) is 12.3 Å². The molecule has 0 bridgehead atoms. The van der Waals surface area contributed by atoms with Crippen molar-refractivity contribution in [3.63, 3.8) is 0 Å². The monoisotopic (exact) mass is 273 g/mol. The molecule has 0 spiro atoms. The number of carboxylic acid groups (broad SMARTS) is 1. The molecule has 100 valence electrons. The summed E-state index contributed by atoms with van der Waals surface area (Å²) in [5.74, 6) is -2.89. The zero-order valence-electron chi connectivity index (χ0n) is 10.2. The Morgan fingerprint density at radius 2 is 1.70 bits per heavy atom. The minimum atomic E-state index is -1.04. The molecule has 3 rings (SSSR count). The van der Waals surface area contributed by atoms with Crippen molar-refractivity contribution >= 4 is 16.9 Å². The lowest BCUT2D eigenvalue weighted by Crippen LogP contribution is -1.93. The maximum Gasteiger partial charge on any atom is 0.337 e. The van der Waals surface area contributed by atoms with E-state index in [9.17, 15) is 13.6 Å². The summed E-state index contributed by atoms with van der Waals surface area (Å²) in [6.45, 7) is 0. The van der Waals surface area contributed by atoms with Gasteiger partial charge in [0.2, 0.25) is 0 Å². The van der Waals surface area contributed by atoms with Crippen LogP contribution in [0.15, 0.2) is 42.6 Å². The van der Waals surface area contributed by atoms with Crippen LogP contribution in [0.4, 0.5) is 8.78 Å². The lowest BCUT2D eigenvalue weighted by molar-refractivity contribution is 0.0699. The van der Waals surface area contributed by atoms with Gasteiger partial charge in [0.15, 0.2) is 11.6 Å². The normalized spacial score (nSPS) is 10.9. The summed E-state index contributed by atoms with van der Waals surface area (Å²) in [6.07, 6.45) is 1.40. The van der Waals surface area contributed by atoms with E-state index < -0.39 is 17.6 Å². The summed E-state index contributed by atoms with van der Waals surface area (Å²) < 4.78 is 26.2. The second-order valence-electron chi connectivity index (χ2n) is 4.40. The fourth-order valence-electron chi connectivity index (χ4n) is 2.15. The molecule has 5 heteroatoms. The second kappa shape index (κ2) is 4.45. The van der Waals surface area contributed by atoms with Crippen molar-refractivity contribution in [3.05, 3.63) is 59.8 Å². The van der Waals surface area contributed by atoms with Gasteiger partial charge in [0.1, 0.15) is 0 Å². The predicted molar refractivity (Wildman–Crippen MR) is 70.6 cm³/mol. The lowest BCUT2D eigenvalue weighted by atomic mass is 10.0. The van der Waals surface area contributed by atoms with E-state index in [2.05, 4.69) is 4.98 Å². The molecule has 0 amide bonds. The van der Waals surface area contributed by atoms with Crippen LogP contribution < -0.4 is 0 Å². The van der Waals surface area contributed by atoms with Gasteiger partial charge in [-0.1, -0.05) is 12.1 Å². The van der Waals surface area contributed by atoms with Crippen molar-refractivity contribution in [2.75, 3.05) is 0 Å². The van der Waals surface area contributed by atoms with Gasteiger partial charge in [-0.3, -0.25) is 0 Å². The number of hydrogen-bond acceptors (Lipinski definition) is 1. The highest BCUT2D eigenvalue weighted by Crippen LogP contribution is 2.27. The van der Waals surface area contributed by atoms with Gasteiger partial charge in [-0.15, -0.1) is 0 Å². The van der Waals surface area contributed by atoms with Crippen LogP contribution in [0.5, 0.6) is 0 Å². The SMILES string of the molecule is O=C(O)c1c[nH]c2ccc(-c3ccc(F)c(F)c3)cc12. The van der Waals surface area contributed by atoms with Crippen LogP contribution in [0.2, 0.25) is 0 Å². The first-order chi connectivity index (χ1) is 9.56. The Hall–Kier alpha value is -2.69. The molecule has 0 aliphatic rings. The van der Waals surface area contributed by atoms with E-state index in [1.54, 1.807) is 18.2 Å². The van der Waals surface area contributed by atoms with Crippen LogP contribution in [-0.4, -0.2) is 16.1 Å². The van der Waals surface area contributed by atoms with Gasteiger partial charge < -0.3 is 10.1 Å². The number of aromatic amines is 1. The van der Waals surface area contributed by atoms with Crippen molar-refractivity contribution < 1.29 is 18.7 Å². The minimum Gasteiger partial charge on any atom is -0.478 e. The summed E-state index contributed by atoms with van der Waals surface area (Å²) in [7, 11) is 0. The van der Waals surface area contributed by atoms with E-state index in [4.69, 9.17) is 5.11 Å². The fourth-order valence-corrected chi connectivity index (χ4v) is 2.15. The maximum atomic E-state index is 13.3. The van der Waals surface area contributed by atoms with Gasteiger partial charge in [0.25, 0.3) is 0 Å². The van der Waals surface area contributed by atoms with Crippen LogP contribution >= 0.6 is 0 Å². The van der Waals surface area contributed by atoms with Crippen molar-refractivity contribution in [2.45, 2.75) is 0 Å². The summed E-state index contributed by atoms with van der Waals surface area (Å²) in [4.78, 5) is 13.9. The Labute approximate surface area is 112 Å². The molecule has 0 radical (unpaired) electrons. The number of aromatic nitrogens is 1. The number of aromatic carboxylic acids is 1. The molecular weight excluding hydrogens is 264 g/mol. The topological polar surface area (TPSA) is 53.1 Å². The standard InChI is InChI=1S/C15H9F2NO2/c16-12-3-1-9(6-13(12)17)8-2-4-14-10(5-8)11(7-18-14)15(19)20/h1-7,18H,(H,19,20). The van der Waals surface area contributed by atoms with E-state index in [-0.39, 0.29) is 5.56 Å². The average molecular weight is 273 g/mol. The quantitative estimate of drug-likeness (QED) is 0.746. The molecule has 3 aromatic rings. The van der Waals surface area contributed by atoms with E-state index in [0.29, 0.717) is 22.0 Å². The average Bonchev–Trinajstić information content (AvgIpc) is 2.85. The number of halogens is 2. The highest BCUT2D eigenvalue weighted by atomic mass is 19.2. The smallest absolute Gasteiger partial charge is 0.337 e. The Bertz CT molecular complexity index is 824.